The van der Waals surface area contributed by atoms with Gasteiger partial charge in [0.25, 0.3) is 0 Å². The van der Waals surface area contributed by atoms with E-state index in [1.54, 1.807) is 11.8 Å². The highest BCUT2D eigenvalue weighted by molar-refractivity contribution is 7.98. The van der Waals surface area contributed by atoms with Gasteiger partial charge in [-0.1, -0.05) is 16.8 Å². The maximum Gasteiger partial charge on any atom is 0.240 e. The highest BCUT2D eigenvalue weighted by Gasteiger charge is 2.06. The number of rotatable bonds is 4. The van der Waals surface area contributed by atoms with Crippen molar-refractivity contribution in [1.29, 1.82) is 5.26 Å². The molecular weight excluding hydrogens is 258 g/mol. The molecule has 0 atom stereocenters. The summed E-state index contributed by atoms with van der Waals surface area (Å²) in [7, 11) is 0. The Kier molecular flexibility index (Phi) is 4.02. The summed E-state index contributed by atoms with van der Waals surface area (Å²) in [5.74, 6) is 1.56. The molecule has 0 unspecified atom stereocenters. The number of thioether (sulfide) groups is 1. The maximum atomic E-state index is 8.47. The van der Waals surface area contributed by atoms with Crippen LogP contribution in [0.2, 0.25) is 5.02 Å². The zero-order valence-electron chi connectivity index (χ0n) is 8.76. The lowest BCUT2D eigenvalue weighted by Crippen LogP contribution is -1.85. The van der Waals surface area contributed by atoms with Crippen molar-refractivity contribution in [2.45, 2.75) is 17.1 Å². The molecule has 2 rings (SSSR count). The van der Waals surface area contributed by atoms with Crippen LogP contribution in [0.25, 0.3) is 0 Å². The fourth-order valence-electron chi connectivity index (χ4n) is 1.17. The Morgan fingerprint density at radius 3 is 2.82 bits per heavy atom. The number of hydrogen-bond acceptors (Lipinski definition) is 5. The van der Waals surface area contributed by atoms with Crippen LogP contribution in [0.5, 0.6) is 0 Å². The molecule has 0 fully saturated rings. The van der Waals surface area contributed by atoms with E-state index in [-0.39, 0.29) is 6.42 Å². The molecular formula is C11H8ClN3OS. The van der Waals surface area contributed by atoms with E-state index in [2.05, 4.69) is 10.1 Å². The first-order valence-corrected chi connectivity index (χ1v) is 6.21. The van der Waals surface area contributed by atoms with Gasteiger partial charge >= 0.3 is 0 Å². The minimum Gasteiger partial charge on any atom is -0.338 e. The number of aromatic nitrogens is 2. The smallest absolute Gasteiger partial charge is 0.240 e. The molecule has 1 aromatic heterocycles. The molecule has 0 spiro atoms. The Balaban J connectivity index is 1.93. The Bertz CT molecular complexity index is 532. The molecule has 0 saturated heterocycles. The maximum absolute atomic E-state index is 8.47. The highest BCUT2D eigenvalue weighted by atomic mass is 35.5. The van der Waals surface area contributed by atoms with E-state index in [0.29, 0.717) is 22.5 Å². The first-order chi connectivity index (χ1) is 8.28. The Hall–Kier alpha value is -1.51. The lowest BCUT2D eigenvalue weighted by molar-refractivity contribution is 0.383. The van der Waals surface area contributed by atoms with E-state index in [9.17, 15) is 0 Å². The number of nitrogens with zero attached hydrogens (tertiary/aromatic N) is 3. The van der Waals surface area contributed by atoms with E-state index >= 15 is 0 Å². The summed E-state index contributed by atoms with van der Waals surface area (Å²) in [4.78, 5) is 5.17. The molecule has 86 valence electrons. The van der Waals surface area contributed by atoms with Gasteiger partial charge in [0.15, 0.2) is 5.82 Å². The molecule has 2 aromatic rings. The average Bonchev–Trinajstić information content (AvgIpc) is 2.77. The predicted octanol–water partition coefficient (Wildman–Crippen LogP) is 3.08. The van der Waals surface area contributed by atoms with Gasteiger partial charge in [-0.15, -0.1) is 11.8 Å². The summed E-state index contributed by atoms with van der Waals surface area (Å²) in [6.45, 7) is 0. The zero-order chi connectivity index (χ0) is 12.1. The van der Waals surface area contributed by atoms with Crippen LogP contribution in [0, 0.1) is 11.3 Å². The second-order valence-electron chi connectivity index (χ2n) is 3.18. The summed E-state index contributed by atoms with van der Waals surface area (Å²) in [5, 5.41) is 13.0. The van der Waals surface area contributed by atoms with E-state index in [1.807, 2.05) is 30.3 Å². The summed E-state index contributed by atoms with van der Waals surface area (Å²) < 4.78 is 4.89. The molecule has 0 aliphatic carbocycles. The summed E-state index contributed by atoms with van der Waals surface area (Å²) >= 11 is 7.37. The fourth-order valence-corrected chi connectivity index (χ4v) is 2.03. The van der Waals surface area contributed by atoms with Crippen LogP contribution in [0.15, 0.2) is 33.7 Å². The van der Waals surface area contributed by atoms with E-state index < -0.39 is 0 Å². The largest absolute Gasteiger partial charge is 0.338 e. The van der Waals surface area contributed by atoms with Crippen LogP contribution in [0.1, 0.15) is 11.7 Å². The third-order valence-electron chi connectivity index (χ3n) is 1.92. The molecule has 1 heterocycles. The minimum atomic E-state index is 0.151. The molecule has 0 aliphatic heterocycles. The van der Waals surface area contributed by atoms with Crippen molar-refractivity contribution < 1.29 is 4.52 Å². The van der Waals surface area contributed by atoms with Gasteiger partial charge in [0.2, 0.25) is 5.89 Å². The van der Waals surface area contributed by atoms with E-state index in [4.69, 9.17) is 21.4 Å². The number of halogens is 1. The molecule has 1 aromatic carbocycles. The lowest BCUT2D eigenvalue weighted by atomic mass is 10.4. The molecule has 0 bridgehead atoms. The third-order valence-corrected chi connectivity index (χ3v) is 3.18. The quantitative estimate of drug-likeness (QED) is 0.795. The number of benzene rings is 1. The van der Waals surface area contributed by atoms with Crippen LogP contribution >= 0.6 is 23.4 Å². The van der Waals surface area contributed by atoms with Crippen LogP contribution < -0.4 is 0 Å². The van der Waals surface area contributed by atoms with Gasteiger partial charge in [-0.05, 0) is 24.3 Å². The third kappa shape index (κ3) is 3.48. The van der Waals surface area contributed by atoms with Gasteiger partial charge in [0, 0.05) is 9.92 Å². The van der Waals surface area contributed by atoms with E-state index in [1.165, 1.54) is 0 Å². The van der Waals surface area contributed by atoms with Crippen molar-refractivity contribution in [3.05, 3.63) is 41.0 Å². The summed E-state index contributed by atoms with van der Waals surface area (Å²) in [6.07, 6.45) is 0.151. The molecule has 0 amide bonds. The highest BCUT2D eigenvalue weighted by Crippen LogP contribution is 2.23. The second kappa shape index (κ2) is 5.71. The first-order valence-electron chi connectivity index (χ1n) is 4.84. The Morgan fingerprint density at radius 1 is 1.35 bits per heavy atom. The molecule has 0 radical (unpaired) electrons. The zero-order valence-corrected chi connectivity index (χ0v) is 10.3. The van der Waals surface area contributed by atoms with Crippen molar-refractivity contribution in [2.75, 3.05) is 0 Å². The van der Waals surface area contributed by atoms with Gasteiger partial charge in [-0.3, -0.25) is 0 Å². The fraction of sp³-hybridized carbons (Fsp3) is 0.182. The Labute approximate surface area is 108 Å². The molecule has 17 heavy (non-hydrogen) atoms. The van der Waals surface area contributed by atoms with Crippen molar-refractivity contribution in [3.8, 4) is 6.07 Å². The van der Waals surface area contributed by atoms with Gasteiger partial charge < -0.3 is 4.52 Å². The van der Waals surface area contributed by atoms with Crippen molar-refractivity contribution in [1.82, 2.24) is 10.1 Å². The molecule has 6 heteroatoms. The Morgan fingerprint density at radius 2 is 2.12 bits per heavy atom. The average molecular weight is 266 g/mol. The van der Waals surface area contributed by atoms with Crippen LogP contribution in [0.4, 0.5) is 0 Å². The lowest BCUT2D eigenvalue weighted by Gasteiger charge is -1.97. The number of nitriles is 1. The summed E-state index contributed by atoms with van der Waals surface area (Å²) in [5.41, 5.74) is 0. The minimum absolute atomic E-state index is 0.151. The van der Waals surface area contributed by atoms with Crippen LogP contribution in [-0.4, -0.2) is 10.1 Å². The van der Waals surface area contributed by atoms with Gasteiger partial charge in [0.1, 0.15) is 6.42 Å². The van der Waals surface area contributed by atoms with Gasteiger partial charge in [-0.2, -0.15) is 10.2 Å². The normalized spacial score (nSPS) is 10.1. The van der Waals surface area contributed by atoms with Gasteiger partial charge in [-0.25, -0.2) is 0 Å². The second-order valence-corrected chi connectivity index (χ2v) is 4.67. The van der Waals surface area contributed by atoms with Crippen molar-refractivity contribution in [2.24, 2.45) is 0 Å². The topological polar surface area (TPSA) is 62.7 Å². The van der Waals surface area contributed by atoms with Crippen molar-refractivity contribution >= 4 is 23.4 Å². The monoisotopic (exact) mass is 265 g/mol. The van der Waals surface area contributed by atoms with Crippen LogP contribution in [-0.2, 0) is 12.2 Å². The predicted molar refractivity (Wildman–Crippen MR) is 64.6 cm³/mol. The molecule has 0 saturated carbocycles. The van der Waals surface area contributed by atoms with Crippen molar-refractivity contribution in [3.63, 3.8) is 0 Å². The standard InChI is InChI=1S/C11H8ClN3OS/c12-8-1-3-9(4-2-8)17-7-10-14-11(5-6-13)16-15-10/h1-4H,5,7H2. The molecule has 4 nitrogen and oxygen atoms in total. The first kappa shape index (κ1) is 12.0. The molecule has 0 N–H and O–H groups in total. The van der Waals surface area contributed by atoms with Crippen LogP contribution in [0.3, 0.4) is 0 Å². The SMILES string of the molecule is N#CCc1nc(CSc2ccc(Cl)cc2)no1. The van der Waals surface area contributed by atoms with E-state index in [0.717, 1.165) is 4.90 Å². The summed E-state index contributed by atoms with van der Waals surface area (Å²) in [6, 6.07) is 9.50. The molecule has 0 aliphatic rings. The number of hydrogen-bond donors (Lipinski definition) is 0. The van der Waals surface area contributed by atoms with Gasteiger partial charge in [0.05, 0.1) is 11.8 Å².